The van der Waals surface area contributed by atoms with E-state index in [4.69, 9.17) is 4.74 Å². The lowest BCUT2D eigenvalue weighted by molar-refractivity contribution is -0.129. The minimum atomic E-state index is 0.195. The summed E-state index contributed by atoms with van der Waals surface area (Å²) in [6.45, 7) is 9.11. The van der Waals surface area contributed by atoms with Gasteiger partial charge in [-0.25, -0.2) is 0 Å². The van der Waals surface area contributed by atoms with E-state index in [-0.39, 0.29) is 5.91 Å². The SMILES string of the molecule is CCOCC(C)NC1CCN(C(C)=O)CC1. The van der Waals surface area contributed by atoms with Gasteiger partial charge < -0.3 is 15.0 Å². The van der Waals surface area contributed by atoms with Gasteiger partial charge in [-0.05, 0) is 26.7 Å². The maximum Gasteiger partial charge on any atom is 0.219 e. The van der Waals surface area contributed by atoms with Gasteiger partial charge in [-0.2, -0.15) is 0 Å². The van der Waals surface area contributed by atoms with E-state index < -0.39 is 0 Å². The first kappa shape index (κ1) is 13.5. The summed E-state index contributed by atoms with van der Waals surface area (Å²) in [6.07, 6.45) is 2.10. The van der Waals surface area contributed by atoms with Crippen molar-refractivity contribution >= 4 is 5.91 Å². The van der Waals surface area contributed by atoms with Crippen LogP contribution in [0.2, 0.25) is 0 Å². The Morgan fingerprint density at radius 3 is 2.62 bits per heavy atom. The monoisotopic (exact) mass is 228 g/mol. The molecule has 4 heteroatoms. The summed E-state index contributed by atoms with van der Waals surface area (Å²) in [4.78, 5) is 13.1. The van der Waals surface area contributed by atoms with Crippen molar-refractivity contribution in [1.82, 2.24) is 10.2 Å². The van der Waals surface area contributed by atoms with Crippen LogP contribution in [0.15, 0.2) is 0 Å². The number of nitrogens with one attached hydrogen (secondary N) is 1. The van der Waals surface area contributed by atoms with Crippen molar-refractivity contribution in [1.29, 1.82) is 0 Å². The number of carbonyl (C=O) groups is 1. The molecule has 1 N–H and O–H groups in total. The van der Waals surface area contributed by atoms with Gasteiger partial charge >= 0.3 is 0 Å². The molecule has 1 fully saturated rings. The molecule has 1 heterocycles. The van der Waals surface area contributed by atoms with Gasteiger partial charge in [0.1, 0.15) is 0 Å². The molecule has 0 aliphatic carbocycles. The van der Waals surface area contributed by atoms with Gasteiger partial charge in [-0.15, -0.1) is 0 Å². The van der Waals surface area contributed by atoms with Gasteiger partial charge in [0.25, 0.3) is 0 Å². The smallest absolute Gasteiger partial charge is 0.219 e. The van der Waals surface area contributed by atoms with Crippen LogP contribution in [0.1, 0.15) is 33.6 Å². The molecule has 0 radical (unpaired) electrons. The van der Waals surface area contributed by atoms with Gasteiger partial charge in [-0.1, -0.05) is 0 Å². The topological polar surface area (TPSA) is 41.6 Å². The molecule has 1 rings (SSSR count). The second-order valence-electron chi connectivity index (χ2n) is 4.51. The first-order valence-electron chi connectivity index (χ1n) is 6.22. The van der Waals surface area contributed by atoms with E-state index in [2.05, 4.69) is 12.2 Å². The van der Waals surface area contributed by atoms with Crippen LogP contribution in [0.5, 0.6) is 0 Å². The van der Waals surface area contributed by atoms with Crippen LogP contribution in [0.25, 0.3) is 0 Å². The van der Waals surface area contributed by atoms with Crippen LogP contribution in [-0.4, -0.2) is 49.2 Å². The molecule has 0 aromatic rings. The average molecular weight is 228 g/mol. The molecule has 1 saturated heterocycles. The number of piperidine rings is 1. The van der Waals surface area contributed by atoms with Crippen molar-refractivity contribution in [2.75, 3.05) is 26.3 Å². The summed E-state index contributed by atoms with van der Waals surface area (Å²) in [5.74, 6) is 0.195. The highest BCUT2D eigenvalue weighted by Crippen LogP contribution is 2.10. The lowest BCUT2D eigenvalue weighted by Crippen LogP contribution is -2.47. The molecule has 1 aliphatic heterocycles. The molecular weight excluding hydrogens is 204 g/mol. The predicted octanol–water partition coefficient (Wildman–Crippen LogP) is 1.01. The fourth-order valence-electron chi connectivity index (χ4n) is 2.11. The number of amides is 1. The van der Waals surface area contributed by atoms with E-state index in [9.17, 15) is 4.79 Å². The summed E-state index contributed by atoms with van der Waals surface area (Å²) < 4.78 is 5.37. The molecule has 1 amide bonds. The summed E-state index contributed by atoms with van der Waals surface area (Å²) in [6, 6.07) is 0.930. The van der Waals surface area contributed by atoms with Gasteiger partial charge in [0.2, 0.25) is 5.91 Å². The lowest BCUT2D eigenvalue weighted by atomic mass is 10.0. The zero-order chi connectivity index (χ0) is 12.0. The van der Waals surface area contributed by atoms with Crippen LogP contribution in [0.4, 0.5) is 0 Å². The highest BCUT2D eigenvalue weighted by atomic mass is 16.5. The maximum atomic E-state index is 11.2. The highest BCUT2D eigenvalue weighted by Gasteiger charge is 2.21. The van der Waals surface area contributed by atoms with Crippen LogP contribution < -0.4 is 5.32 Å². The quantitative estimate of drug-likeness (QED) is 0.763. The van der Waals surface area contributed by atoms with Crippen molar-refractivity contribution in [3.63, 3.8) is 0 Å². The van der Waals surface area contributed by atoms with E-state index >= 15 is 0 Å². The Kier molecular flexibility index (Phi) is 5.77. The van der Waals surface area contributed by atoms with E-state index in [0.29, 0.717) is 12.1 Å². The Morgan fingerprint density at radius 2 is 2.12 bits per heavy atom. The second kappa shape index (κ2) is 6.86. The number of hydrogen-bond acceptors (Lipinski definition) is 3. The van der Waals surface area contributed by atoms with Crippen LogP contribution in [0, 0.1) is 0 Å². The third-order valence-corrected chi connectivity index (χ3v) is 3.03. The van der Waals surface area contributed by atoms with E-state index in [1.165, 1.54) is 0 Å². The number of nitrogens with zero attached hydrogens (tertiary/aromatic N) is 1. The molecule has 94 valence electrons. The van der Waals surface area contributed by atoms with Crippen LogP contribution in [-0.2, 0) is 9.53 Å². The van der Waals surface area contributed by atoms with Gasteiger partial charge in [-0.3, -0.25) is 4.79 Å². The van der Waals surface area contributed by atoms with Gasteiger partial charge in [0.15, 0.2) is 0 Å². The molecule has 1 aliphatic rings. The molecule has 16 heavy (non-hydrogen) atoms. The fourth-order valence-corrected chi connectivity index (χ4v) is 2.11. The Bertz CT molecular complexity index is 213. The van der Waals surface area contributed by atoms with Gasteiger partial charge in [0, 0.05) is 38.7 Å². The zero-order valence-electron chi connectivity index (χ0n) is 10.7. The molecular formula is C12H24N2O2. The number of ether oxygens (including phenoxy) is 1. The largest absolute Gasteiger partial charge is 0.380 e. The minimum absolute atomic E-state index is 0.195. The normalized spacial score (nSPS) is 19.8. The van der Waals surface area contributed by atoms with Crippen molar-refractivity contribution in [3.8, 4) is 0 Å². The minimum Gasteiger partial charge on any atom is -0.380 e. The highest BCUT2D eigenvalue weighted by molar-refractivity contribution is 5.73. The van der Waals surface area contributed by atoms with Crippen molar-refractivity contribution in [2.24, 2.45) is 0 Å². The third kappa shape index (κ3) is 4.49. The molecule has 0 bridgehead atoms. The average Bonchev–Trinajstić information content (AvgIpc) is 2.27. The fraction of sp³-hybridized carbons (Fsp3) is 0.917. The standard InChI is InChI=1S/C12H24N2O2/c1-4-16-9-10(2)13-12-5-7-14(8-6-12)11(3)15/h10,12-13H,4-9H2,1-3H3. The predicted molar refractivity (Wildman–Crippen MR) is 64.4 cm³/mol. The Balaban J connectivity index is 2.18. The summed E-state index contributed by atoms with van der Waals surface area (Å²) in [5.41, 5.74) is 0. The zero-order valence-corrected chi connectivity index (χ0v) is 10.7. The second-order valence-corrected chi connectivity index (χ2v) is 4.51. The maximum absolute atomic E-state index is 11.2. The molecule has 4 nitrogen and oxygen atoms in total. The summed E-state index contributed by atoms with van der Waals surface area (Å²) in [7, 11) is 0. The molecule has 0 saturated carbocycles. The first-order chi connectivity index (χ1) is 7.63. The number of hydrogen-bond donors (Lipinski definition) is 1. The van der Waals surface area contributed by atoms with E-state index in [1.807, 2.05) is 11.8 Å². The Hall–Kier alpha value is -0.610. The first-order valence-corrected chi connectivity index (χ1v) is 6.22. The Labute approximate surface area is 98.3 Å². The van der Waals surface area contributed by atoms with E-state index in [0.717, 1.165) is 39.1 Å². The Morgan fingerprint density at radius 1 is 1.50 bits per heavy atom. The summed E-state index contributed by atoms with van der Waals surface area (Å²) in [5, 5.41) is 3.55. The molecule has 0 aromatic heterocycles. The van der Waals surface area contributed by atoms with Crippen molar-refractivity contribution in [3.05, 3.63) is 0 Å². The molecule has 1 atom stereocenters. The van der Waals surface area contributed by atoms with Crippen molar-refractivity contribution < 1.29 is 9.53 Å². The van der Waals surface area contributed by atoms with Crippen LogP contribution >= 0.6 is 0 Å². The number of carbonyl (C=O) groups excluding carboxylic acids is 1. The van der Waals surface area contributed by atoms with Gasteiger partial charge in [0.05, 0.1) is 6.61 Å². The molecule has 1 unspecified atom stereocenters. The third-order valence-electron chi connectivity index (χ3n) is 3.03. The van der Waals surface area contributed by atoms with Crippen LogP contribution in [0.3, 0.4) is 0 Å². The number of likely N-dealkylation sites (tertiary alicyclic amines) is 1. The summed E-state index contributed by atoms with van der Waals surface area (Å²) >= 11 is 0. The molecule has 0 spiro atoms. The molecule has 0 aromatic carbocycles. The van der Waals surface area contributed by atoms with Crippen molar-refractivity contribution in [2.45, 2.75) is 45.7 Å². The van der Waals surface area contributed by atoms with E-state index in [1.54, 1.807) is 6.92 Å². The number of rotatable bonds is 5. The lowest BCUT2D eigenvalue weighted by Gasteiger charge is -2.33.